The fourth-order valence-corrected chi connectivity index (χ4v) is 5.32. The third-order valence-corrected chi connectivity index (χ3v) is 7.06. The highest BCUT2D eigenvalue weighted by Gasteiger charge is 2.50. The van der Waals surface area contributed by atoms with Gasteiger partial charge in [-0.1, -0.05) is 13.8 Å². The van der Waals surface area contributed by atoms with E-state index in [0.29, 0.717) is 0 Å². The number of ether oxygens (including phenoxy) is 5. The van der Waals surface area contributed by atoms with Crippen LogP contribution in [0.25, 0.3) is 0 Å². The highest BCUT2D eigenvalue weighted by Crippen LogP contribution is 2.50. The minimum absolute atomic E-state index is 0.117. The van der Waals surface area contributed by atoms with E-state index in [0.717, 1.165) is 7.11 Å². The highest BCUT2D eigenvalue weighted by molar-refractivity contribution is 7.47. The van der Waals surface area contributed by atoms with Gasteiger partial charge in [0, 0.05) is 28.4 Å². The van der Waals surface area contributed by atoms with Gasteiger partial charge < -0.3 is 33.5 Å². The number of phosphoric acid groups is 2. The van der Waals surface area contributed by atoms with Gasteiger partial charge in [-0.3, -0.25) is 18.1 Å². The molecule has 0 amide bonds. The van der Waals surface area contributed by atoms with Crippen LogP contribution in [0, 0.1) is 0 Å². The molecule has 2 saturated heterocycles. The fourth-order valence-electron chi connectivity index (χ4n) is 3.71. The molecule has 0 aliphatic carbocycles. The standard InChI is InChI=1S/C16H32O13P2.C2H6/c1-9-13(22-4)15(11(26-9)7-21-3)29-31(19,20)25-8-12-16(28-30(17,18)24-6)14(23-5)10(2)27-12;1-2/h9-16H,7-8H2,1-6H3,(H,17,18)(H,19,20);1-2H3/t9-,10-,11+,12+,13-,14-,15+,16+;/m0./s1. The Labute approximate surface area is 195 Å². The van der Waals surface area contributed by atoms with Crippen LogP contribution in [0.2, 0.25) is 0 Å². The van der Waals surface area contributed by atoms with Gasteiger partial charge in [-0.15, -0.1) is 0 Å². The van der Waals surface area contributed by atoms with Crippen LogP contribution >= 0.6 is 15.6 Å². The lowest BCUT2D eigenvalue weighted by Gasteiger charge is -2.26. The Balaban J connectivity index is 0.00000265. The Morgan fingerprint density at radius 2 is 1.15 bits per heavy atom. The quantitative estimate of drug-likeness (QED) is 0.357. The summed E-state index contributed by atoms with van der Waals surface area (Å²) in [5.41, 5.74) is 0. The van der Waals surface area contributed by atoms with Gasteiger partial charge in [-0.25, -0.2) is 9.13 Å². The Morgan fingerprint density at radius 1 is 0.727 bits per heavy atom. The molecule has 0 spiro atoms. The van der Waals surface area contributed by atoms with Crippen LogP contribution in [0.5, 0.6) is 0 Å². The number of phosphoric ester groups is 2. The second-order valence-electron chi connectivity index (χ2n) is 7.17. The largest absolute Gasteiger partial charge is 0.472 e. The van der Waals surface area contributed by atoms with Crippen LogP contribution in [-0.4, -0.2) is 100 Å². The highest BCUT2D eigenvalue weighted by atomic mass is 31.2. The molecule has 15 heteroatoms. The maximum Gasteiger partial charge on any atom is 0.472 e. The third-order valence-electron chi connectivity index (χ3n) is 5.10. The van der Waals surface area contributed by atoms with Crippen molar-refractivity contribution in [2.75, 3.05) is 41.7 Å². The van der Waals surface area contributed by atoms with Crippen molar-refractivity contribution in [3.8, 4) is 0 Å². The van der Waals surface area contributed by atoms with Crippen LogP contribution in [0.4, 0.5) is 0 Å². The predicted octanol–water partition coefficient (Wildman–Crippen LogP) is 1.90. The van der Waals surface area contributed by atoms with Gasteiger partial charge in [-0.2, -0.15) is 0 Å². The minimum Gasteiger partial charge on any atom is -0.382 e. The normalized spacial score (nSPS) is 37.8. The topological polar surface area (TPSA) is 158 Å². The van der Waals surface area contributed by atoms with E-state index in [2.05, 4.69) is 4.52 Å². The molecule has 2 fully saturated rings. The van der Waals surface area contributed by atoms with Crippen molar-refractivity contribution in [3.05, 3.63) is 0 Å². The van der Waals surface area contributed by atoms with Crippen molar-refractivity contribution in [2.24, 2.45) is 0 Å². The Morgan fingerprint density at radius 3 is 1.55 bits per heavy atom. The first kappa shape index (κ1) is 31.1. The SMILES string of the molecule is CC.COC[C@H]1O[C@@H](C)[C@H](OC)[C@@H]1OP(=O)(O)OC[C@H]1O[C@@H](C)[C@H](OC)[C@@H]1OP(=O)(O)OC. The first-order valence-corrected chi connectivity index (χ1v) is 13.6. The fraction of sp³-hybridized carbons (Fsp3) is 1.00. The minimum atomic E-state index is -4.62. The van der Waals surface area contributed by atoms with Gasteiger partial charge in [0.25, 0.3) is 0 Å². The zero-order chi connectivity index (χ0) is 25.4. The molecule has 2 aliphatic rings. The molecule has 0 saturated carbocycles. The third kappa shape index (κ3) is 8.57. The molecule has 13 nitrogen and oxygen atoms in total. The van der Waals surface area contributed by atoms with Crippen molar-refractivity contribution < 1.29 is 60.7 Å². The molecule has 33 heavy (non-hydrogen) atoms. The molecule has 198 valence electrons. The molecule has 10 atom stereocenters. The molecule has 0 aromatic rings. The van der Waals surface area contributed by atoms with Crippen LogP contribution in [-0.2, 0) is 50.9 Å². The predicted molar refractivity (Wildman–Crippen MR) is 116 cm³/mol. The summed E-state index contributed by atoms with van der Waals surface area (Å²) in [5.74, 6) is 0. The second-order valence-corrected chi connectivity index (χ2v) is 10.1. The number of rotatable bonds is 12. The Kier molecular flexibility index (Phi) is 13.1. The van der Waals surface area contributed by atoms with Crippen molar-refractivity contribution in [1.29, 1.82) is 0 Å². The van der Waals surface area contributed by atoms with E-state index in [9.17, 15) is 18.9 Å². The number of hydrogen-bond donors (Lipinski definition) is 2. The molecular formula is C18H38O13P2. The van der Waals surface area contributed by atoms with Gasteiger partial charge in [-0.05, 0) is 13.8 Å². The molecule has 2 heterocycles. The number of hydrogen-bond acceptors (Lipinski definition) is 11. The Bertz CT molecular complexity index is 665. The zero-order valence-corrected chi connectivity index (χ0v) is 22.1. The van der Waals surface area contributed by atoms with E-state index in [1.165, 1.54) is 21.3 Å². The summed E-state index contributed by atoms with van der Waals surface area (Å²) in [6.07, 6.45) is -5.99. The molecule has 2 rings (SSSR count). The summed E-state index contributed by atoms with van der Waals surface area (Å²) >= 11 is 0. The van der Waals surface area contributed by atoms with Gasteiger partial charge in [0.15, 0.2) is 0 Å². The van der Waals surface area contributed by atoms with Crippen LogP contribution < -0.4 is 0 Å². The molecule has 2 unspecified atom stereocenters. The summed E-state index contributed by atoms with van der Waals surface area (Å²) in [5, 5.41) is 0. The molecule has 0 bridgehead atoms. The number of methoxy groups -OCH3 is 3. The molecular weight excluding hydrogens is 486 g/mol. The molecule has 2 N–H and O–H groups in total. The lowest BCUT2D eigenvalue weighted by molar-refractivity contribution is -0.0440. The molecule has 0 radical (unpaired) electrons. The first-order valence-electron chi connectivity index (χ1n) is 10.6. The van der Waals surface area contributed by atoms with Crippen molar-refractivity contribution >= 4 is 15.6 Å². The van der Waals surface area contributed by atoms with Crippen molar-refractivity contribution in [1.82, 2.24) is 0 Å². The van der Waals surface area contributed by atoms with Crippen molar-refractivity contribution in [2.45, 2.75) is 76.5 Å². The molecule has 0 aromatic carbocycles. The average molecular weight is 524 g/mol. The lowest BCUT2D eigenvalue weighted by atomic mass is 10.1. The lowest BCUT2D eigenvalue weighted by Crippen LogP contribution is -2.38. The average Bonchev–Trinajstić information content (AvgIpc) is 3.22. The van der Waals surface area contributed by atoms with E-state index in [-0.39, 0.29) is 6.61 Å². The molecule has 2 aliphatic heterocycles. The molecule has 0 aromatic heterocycles. The Hall–Kier alpha value is 0.0200. The monoisotopic (exact) mass is 524 g/mol. The van der Waals surface area contributed by atoms with E-state index >= 15 is 0 Å². The summed E-state index contributed by atoms with van der Waals surface area (Å²) in [7, 11) is -3.72. The van der Waals surface area contributed by atoms with Gasteiger partial charge in [0.2, 0.25) is 0 Å². The van der Waals surface area contributed by atoms with Crippen LogP contribution in [0.15, 0.2) is 0 Å². The maximum atomic E-state index is 12.6. The second kappa shape index (κ2) is 13.9. The van der Waals surface area contributed by atoms with E-state index in [4.69, 9.17) is 37.3 Å². The summed E-state index contributed by atoms with van der Waals surface area (Å²) < 4.78 is 71.5. The summed E-state index contributed by atoms with van der Waals surface area (Å²) in [6.45, 7) is 7.03. The first-order chi connectivity index (χ1) is 15.5. The van der Waals surface area contributed by atoms with Crippen LogP contribution in [0.1, 0.15) is 27.7 Å². The van der Waals surface area contributed by atoms with Gasteiger partial charge in [0.05, 0.1) is 25.4 Å². The van der Waals surface area contributed by atoms with Gasteiger partial charge >= 0.3 is 15.6 Å². The smallest absolute Gasteiger partial charge is 0.382 e. The maximum absolute atomic E-state index is 12.6. The van der Waals surface area contributed by atoms with E-state index in [1.807, 2.05) is 13.8 Å². The van der Waals surface area contributed by atoms with Crippen molar-refractivity contribution in [3.63, 3.8) is 0 Å². The van der Waals surface area contributed by atoms with E-state index < -0.39 is 71.1 Å². The summed E-state index contributed by atoms with van der Waals surface area (Å²) in [6, 6.07) is 0. The van der Waals surface area contributed by atoms with Crippen LogP contribution in [0.3, 0.4) is 0 Å². The summed E-state index contributed by atoms with van der Waals surface area (Å²) in [4.78, 5) is 19.9. The van der Waals surface area contributed by atoms with Gasteiger partial charge in [0.1, 0.15) is 36.6 Å². The zero-order valence-electron chi connectivity index (χ0n) is 20.3. The van der Waals surface area contributed by atoms with E-state index in [1.54, 1.807) is 13.8 Å².